The second kappa shape index (κ2) is 7.02. The van der Waals surface area contributed by atoms with Gasteiger partial charge in [-0.05, 0) is 45.4 Å². The van der Waals surface area contributed by atoms with Crippen molar-refractivity contribution in [2.75, 3.05) is 7.11 Å². The van der Waals surface area contributed by atoms with E-state index in [1.807, 2.05) is 45.9 Å². The molecule has 0 spiro atoms. The van der Waals surface area contributed by atoms with Crippen LogP contribution in [0.1, 0.15) is 33.3 Å². The van der Waals surface area contributed by atoms with Crippen LogP contribution in [0.15, 0.2) is 18.2 Å². The third-order valence-corrected chi connectivity index (χ3v) is 2.31. The molecule has 0 amide bonds. The lowest BCUT2D eigenvalue weighted by Crippen LogP contribution is -2.11. The van der Waals surface area contributed by atoms with Crippen LogP contribution in [0.3, 0.4) is 0 Å². The molecule has 0 unspecified atom stereocenters. The van der Waals surface area contributed by atoms with E-state index < -0.39 is 0 Å². The van der Waals surface area contributed by atoms with Crippen molar-refractivity contribution in [1.82, 2.24) is 0 Å². The molecule has 1 aromatic rings. The molecule has 0 aromatic heterocycles. The van der Waals surface area contributed by atoms with Gasteiger partial charge in [-0.15, -0.1) is 0 Å². The Morgan fingerprint density at radius 3 is 2.16 bits per heavy atom. The third-order valence-electron chi connectivity index (χ3n) is 2.31. The fraction of sp³-hybridized carbons (Fsp3) is 0.533. The van der Waals surface area contributed by atoms with E-state index >= 15 is 0 Å². The maximum Gasteiger partial charge on any atom is 0.309 e. The molecule has 19 heavy (non-hydrogen) atoms. The summed E-state index contributed by atoms with van der Waals surface area (Å²) in [5.74, 6) is 1.08. The summed E-state index contributed by atoms with van der Waals surface area (Å²) in [6.07, 6.45) is 0.344. The maximum absolute atomic E-state index is 11.3. The summed E-state index contributed by atoms with van der Waals surface area (Å²) >= 11 is 0. The predicted octanol–water partition coefficient (Wildman–Crippen LogP) is 2.98. The molecule has 4 nitrogen and oxygen atoms in total. The number of carbonyl (C=O) groups excluding carboxylic acids is 1. The van der Waals surface area contributed by atoms with E-state index in [2.05, 4.69) is 4.74 Å². The number of hydrogen-bond donors (Lipinski definition) is 0. The first kappa shape index (κ1) is 15.3. The zero-order valence-corrected chi connectivity index (χ0v) is 12.2. The summed E-state index contributed by atoms with van der Waals surface area (Å²) < 4.78 is 16.1. The van der Waals surface area contributed by atoms with Crippen molar-refractivity contribution in [1.29, 1.82) is 0 Å². The lowest BCUT2D eigenvalue weighted by molar-refractivity contribution is -0.139. The van der Waals surface area contributed by atoms with Gasteiger partial charge in [-0.2, -0.15) is 0 Å². The summed E-state index contributed by atoms with van der Waals surface area (Å²) in [6.45, 7) is 7.82. The van der Waals surface area contributed by atoms with Crippen LogP contribution in [0.4, 0.5) is 0 Å². The minimum Gasteiger partial charge on any atom is -0.487 e. The molecule has 0 fully saturated rings. The molecule has 1 rings (SSSR count). The molecule has 1 aromatic carbocycles. The molecule has 0 saturated carbocycles. The number of ether oxygens (including phenoxy) is 3. The van der Waals surface area contributed by atoms with E-state index in [9.17, 15) is 4.79 Å². The van der Waals surface area contributed by atoms with Gasteiger partial charge in [-0.25, -0.2) is 0 Å². The summed E-state index contributed by atoms with van der Waals surface area (Å²) in [7, 11) is 1.38. The molecule has 0 N–H and O–H groups in total. The molecule has 106 valence electrons. The average Bonchev–Trinajstić information content (AvgIpc) is 2.31. The second-order valence-corrected chi connectivity index (χ2v) is 4.87. The Kier molecular flexibility index (Phi) is 5.67. The van der Waals surface area contributed by atoms with Crippen LogP contribution in [0.2, 0.25) is 0 Å². The number of hydrogen-bond acceptors (Lipinski definition) is 4. The Morgan fingerprint density at radius 1 is 1.05 bits per heavy atom. The first-order valence-corrected chi connectivity index (χ1v) is 6.45. The van der Waals surface area contributed by atoms with Crippen LogP contribution in [0.25, 0.3) is 0 Å². The molecular formula is C15H22O4. The van der Waals surface area contributed by atoms with Gasteiger partial charge in [0.2, 0.25) is 0 Å². The number of rotatable bonds is 6. The van der Waals surface area contributed by atoms with Crippen molar-refractivity contribution in [3.63, 3.8) is 0 Å². The highest BCUT2D eigenvalue weighted by Gasteiger charge is 2.12. The van der Waals surface area contributed by atoms with Gasteiger partial charge in [0.05, 0.1) is 25.7 Å². The van der Waals surface area contributed by atoms with Gasteiger partial charge in [0.25, 0.3) is 0 Å². The minimum atomic E-state index is -0.270. The predicted molar refractivity (Wildman–Crippen MR) is 73.7 cm³/mol. The molecule has 0 aliphatic rings. The van der Waals surface area contributed by atoms with Crippen LogP contribution in [0.5, 0.6) is 11.5 Å². The van der Waals surface area contributed by atoms with Crippen LogP contribution in [-0.2, 0) is 16.0 Å². The molecule has 0 heterocycles. The Bertz CT molecular complexity index is 424. The van der Waals surface area contributed by atoms with E-state index in [1.54, 1.807) is 0 Å². The number of methoxy groups -OCH3 is 1. The third kappa shape index (κ3) is 5.20. The van der Waals surface area contributed by atoms with E-state index in [1.165, 1.54) is 7.11 Å². The monoisotopic (exact) mass is 266 g/mol. The van der Waals surface area contributed by atoms with Crippen LogP contribution in [0, 0.1) is 0 Å². The fourth-order valence-corrected chi connectivity index (χ4v) is 1.60. The Morgan fingerprint density at radius 2 is 1.63 bits per heavy atom. The van der Waals surface area contributed by atoms with Crippen molar-refractivity contribution in [3.8, 4) is 11.5 Å². The van der Waals surface area contributed by atoms with Gasteiger partial charge in [0, 0.05) is 0 Å². The standard InChI is InChI=1S/C15H22O4/c1-10(2)18-13-7-6-12(9-15(16)17-5)8-14(13)19-11(3)4/h6-8,10-11H,9H2,1-5H3. The van der Waals surface area contributed by atoms with Gasteiger partial charge in [0.15, 0.2) is 11.5 Å². The number of esters is 1. The molecule has 0 aliphatic carbocycles. The zero-order valence-electron chi connectivity index (χ0n) is 12.2. The number of benzene rings is 1. The van der Waals surface area contributed by atoms with Crippen LogP contribution < -0.4 is 9.47 Å². The van der Waals surface area contributed by atoms with Gasteiger partial charge in [0.1, 0.15) is 0 Å². The lowest BCUT2D eigenvalue weighted by Gasteiger charge is -2.17. The quantitative estimate of drug-likeness (QED) is 0.742. The molecule has 0 aliphatic heterocycles. The highest BCUT2D eigenvalue weighted by molar-refractivity contribution is 5.72. The van der Waals surface area contributed by atoms with Gasteiger partial charge in [-0.1, -0.05) is 6.07 Å². The normalized spacial score (nSPS) is 10.7. The first-order valence-electron chi connectivity index (χ1n) is 6.45. The van der Waals surface area contributed by atoms with E-state index in [0.29, 0.717) is 11.5 Å². The molecule has 0 radical (unpaired) electrons. The van der Waals surface area contributed by atoms with Crippen molar-refractivity contribution in [2.24, 2.45) is 0 Å². The van der Waals surface area contributed by atoms with E-state index in [4.69, 9.17) is 9.47 Å². The van der Waals surface area contributed by atoms with Crippen LogP contribution in [-0.4, -0.2) is 25.3 Å². The van der Waals surface area contributed by atoms with Crippen molar-refractivity contribution in [3.05, 3.63) is 23.8 Å². The number of carbonyl (C=O) groups is 1. The molecule has 0 bridgehead atoms. The fourth-order valence-electron chi connectivity index (χ4n) is 1.60. The summed E-state index contributed by atoms with van der Waals surface area (Å²) in [6, 6.07) is 5.51. The minimum absolute atomic E-state index is 0.0443. The van der Waals surface area contributed by atoms with Gasteiger partial charge < -0.3 is 14.2 Å². The maximum atomic E-state index is 11.3. The van der Waals surface area contributed by atoms with E-state index in [0.717, 1.165) is 5.56 Å². The average molecular weight is 266 g/mol. The topological polar surface area (TPSA) is 44.8 Å². The Labute approximate surface area is 114 Å². The Hall–Kier alpha value is -1.71. The zero-order chi connectivity index (χ0) is 14.4. The smallest absolute Gasteiger partial charge is 0.309 e. The highest BCUT2D eigenvalue weighted by atomic mass is 16.5. The van der Waals surface area contributed by atoms with Gasteiger partial charge >= 0.3 is 5.97 Å². The largest absolute Gasteiger partial charge is 0.487 e. The SMILES string of the molecule is COC(=O)Cc1ccc(OC(C)C)c(OC(C)C)c1. The first-order chi connectivity index (χ1) is 8.92. The van der Waals surface area contributed by atoms with Crippen molar-refractivity contribution in [2.45, 2.75) is 46.3 Å². The molecular weight excluding hydrogens is 244 g/mol. The van der Waals surface area contributed by atoms with Crippen LogP contribution >= 0.6 is 0 Å². The molecule has 4 heteroatoms. The summed E-state index contributed by atoms with van der Waals surface area (Å²) in [5, 5.41) is 0. The highest BCUT2D eigenvalue weighted by Crippen LogP contribution is 2.30. The Balaban J connectivity index is 2.96. The lowest BCUT2D eigenvalue weighted by atomic mass is 10.1. The van der Waals surface area contributed by atoms with Crippen molar-refractivity contribution < 1.29 is 19.0 Å². The van der Waals surface area contributed by atoms with Gasteiger partial charge in [-0.3, -0.25) is 4.79 Å². The molecule has 0 atom stereocenters. The van der Waals surface area contributed by atoms with Crippen molar-refractivity contribution >= 4 is 5.97 Å². The summed E-state index contributed by atoms with van der Waals surface area (Å²) in [4.78, 5) is 11.3. The van der Waals surface area contributed by atoms with E-state index in [-0.39, 0.29) is 24.6 Å². The second-order valence-electron chi connectivity index (χ2n) is 4.87. The summed E-state index contributed by atoms with van der Waals surface area (Å²) in [5.41, 5.74) is 0.846. The molecule has 0 saturated heterocycles.